The zero-order valence-electron chi connectivity index (χ0n) is 18.6. The predicted octanol–water partition coefficient (Wildman–Crippen LogP) is 3.39. The van der Waals surface area contributed by atoms with Gasteiger partial charge in [-0.05, 0) is 74.8 Å². The molecule has 0 unspecified atom stereocenters. The van der Waals surface area contributed by atoms with Crippen molar-refractivity contribution < 1.29 is 5.11 Å². The zero-order valence-corrected chi connectivity index (χ0v) is 18.6. The number of hydrogen-bond donors (Lipinski definition) is 3. The molecule has 166 valence electrons. The van der Waals surface area contributed by atoms with E-state index in [4.69, 9.17) is 4.99 Å². The van der Waals surface area contributed by atoms with E-state index in [9.17, 15) is 5.11 Å². The number of aryl methyl sites for hydroxylation is 1. The molecule has 1 aromatic carbocycles. The maximum atomic E-state index is 10.5. The number of hydrogen-bond acceptors (Lipinski definition) is 4. The van der Waals surface area contributed by atoms with Crippen LogP contribution in [0.15, 0.2) is 41.5 Å². The summed E-state index contributed by atoms with van der Waals surface area (Å²) in [5, 5.41) is 17.5. The summed E-state index contributed by atoms with van der Waals surface area (Å²) in [5.41, 5.74) is 4.83. The Balaban J connectivity index is 1.35. The van der Waals surface area contributed by atoms with Crippen LogP contribution in [0.2, 0.25) is 0 Å². The molecule has 0 atom stereocenters. The average Bonchev–Trinajstić information content (AvgIpc) is 2.80. The monoisotopic (exact) mass is 421 g/mol. The number of fused-ring (bicyclic) bond motifs is 1. The zero-order chi connectivity index (χ0) is 21.5. The highest BCUT2D eigenvalue weighted by Crippen LogP contribution is 2.31. The summed E-state index contributed by atoms with van der Waals surface area (Å²) in [6.45, 7) is 6.46. The first kappa shape index (κ1) is 21.6. The average molecular weight is 422 g/mol. The first-order chi connectivity index (χ1) is 15.2. The number of benzene rings is 1. The first-order valence-corrected chi connectivity index (χ1v) is 11.7. The number of piperidine rings is 1. The molecule has 1 aliphatic carbocycles. The van der Waals surface area contributed by atoms with Crippen molar-refractivity contribution in [2.24, 2.45) is 4.99 Å². The number of pyridine rings is 1. The van der Waals surface area contributed by atoms with E-state index in [1.54, 1.807) is 0 Å². The maximum Gasteiger partial charge on any atom is 0.191 e. The number of nitrogens with one attached hydrogen (secondary N) is 2. The van der Waals surface area contributed by atoms with Gasteiger partial charge in [0.15, 0.2) is 5.96 Å². The van der Waals surface area contributed by atoms with Gasteiger partial charge in [-0.3, -0.25) is 9.88 Å². The molecular weight excluding hydrogens is 386 g/mol. The van der Waals surface area contributed by atoms with Crippen molar-refractivity contribution in [3.05, 3.63) is 58.9 Å². The highest BCUT2D eigenvalue weighted by Gasteiger charge is 2.21. The molecule has 2 aliphatic rings. The highest BCUT2D eigenvalue weighted by atomic mass is 16.3. The second-order valence-corrected chi connectivity index (χ2v) is 8.62. The van der Waals surface area contributed by atoms with Crippen LogP contribution in [0.25, 0.3) is 0 Å². The number of rotatable bonds is 6. The van der Waals surface area contributed by atoms with Gasteiger partial charge in [0.05, 0.1) is 12.2 Å². The van der Waals surface area contributed by atoms with Gasteiger partial charge in [-0.2, -0.15) is 0 Å². The summed E-state index contributed by atoms with van der Waals surface area (Å²) >= 11 is 0. The Bertz CT molecular complexity index is 875. The predicted molar refractivity (Wildman–Crippen MR) is 125 cm³/mol. The molecule has 4 rings (SSSR count). The lowest BCUT2D eigenvalue weighted by Gasteiger charge is -2.32. The molecule has 0 radical (unpaired) electrons. The third-order valence-electron chi connectivity index (χ3n) is 6.41. The molecule has 31 heavy (non-hydrogen) atoms. The van der Waals surface area contributed by atoms with Crippen molar-refractivity contribution in [1.82, 2.24) is 20.5 Å². The lowest BCUT2D eigenvalue weighted by atomic mass is 9.88. The standard InChI is InChI=1S/C25H35N5O/c1-2-26-25(28-17-23-22-9-4-3-7-19(22)10-11-24(23)31)29-20-12-15-30(16-13-20)18-21-8-5-6-14-27-21/h5-6,8,10-11,14,20,31H,2-4,7,9,12-13,15-18H2,1H3,(H2,26,28,29). The number of aliphatic imine (C=N–C) groups is 1. The summed E-state index contributed by atoms with van der Waals surface area (Å²) in [6, 6.07) is 10.4. The number of likely N-dealkylation sites (tertiary alicyclic amines) is 1. The number of nitrogens with zero attached hydrogens (tertiary/aromatic N) is 3. The molecule has 3 N–H and O–H groups in total. The van der Waals surface area contributed by atoms with E-state index in [0.717, 1.165) is 69.1 Å². The van der Waals surface area contributed by atoms with Gasteiger partial charge in [-0.1, -0.05) is 12.1 Å². The second-order valence-electron chi connectivity index (χ2n) is 8.62. The van der Waals surface area contributed by atoms with E-state index in [0.29, 0.717) is 18.3 Å². The van der Waals surface area contributed by atoms with Gasteiger partial charge in [0.1, 0.15) is 5.75 Å². The Morgan fingerprint density at radius 2 is 2.00 bits per heavy atom. The Hall–Kier alpha value is -2.60. The van der Waals surface area contributed by atoms with Crippen molar-refractivity contribution in [2.75, 3.05) is 19.6 Å². The number of guanidine groups is 1. The van der Waals surface area contributed by atoms with Crippen LogP contribution in [0.1, 0.15) is 55.0 Å². The quantitative estimate of drug-likeness (QED) is 0.493. The van der Waals surface area contributed by atoms with E-state index in [-0.39, 0.29) is 0 Å². The lowest BCUT2D eigenvalue weighted by Crippen LogP contribution is -2.48. The van der Waals surface area contributed by atoms with Gasteiger partial charge in [-0.25, -0.2) is 4.99 Å². The highest BCUT2D eigenvalue weighted by molar-refractivity contribution is 5.80. The van der Waals surface area contributed by atoms with Gasteiger partial charge < -0.3 is 15.7 Å². The minimum absolute atomic E-state index is 0.378. The van der Waals surface area contributed by atoms with E-state index >= 15 is 0 Å². The molecule has 6 nitrogen and oxygen atoms in total. The van der Waals surface area contributed by atoms with Gasteiger partial charge in [0.2, 0.25) is 0 Å². The van der Waals surface area contributed by atoms with Gasteiger partial charge >= 0.3 is 0 Å². The fraction of sp³-hybridized carbons (Fsp3) is 0.520. The maximum absolute atomic E-state index is 10.5. The SMILES string of the molecule is CCNC(=NCc1c(O)ccc2c1CCCC2)NC1CCN(Cc2ccccn2)CC1. The summed E-state index contributed by atoms with van der Waals surface area (Å²) in [7, 11) is 0. The molecule has 0 saturated carbocycles. The number of phenols is 1. The summed E-state index contributed by atoms with van der Waals surface area (Å²) < 4.78 is 0. The summed E-state index contributed by atoms with van der Waals surface area (Å²) in [5.74, 6) is 1.22. The Morgan fingerprint density at radius 3 is 2.77 bits per heavy atom. The van der Waals surface area contributed by atoms with Crippen LogP contribution in [0.4, 0.5) is 0 Å². The molecule has 0 bridgehead atoms. The van der Waals surface area contributed by atoms with Crippen LogP contribution in [-0.2, 0) is 25.9 Å². The smallest absolute Gasteiger partial charge is 0.191 e. The molecule has 1 aromatic heterocycles. The van der Waals surface area contributed by atoms with Crippen LogP contribution in [0.5, 0.6) is 5.75 Å². The van der Waals surface area contributed by atoms with E-state index < -0.39 is 0 Å². The van der Waals surface area contributed by atoms with Crippen molar-refractivity contribution in [3.63, 3.8) is 0 Å². The minimum Gasteiger partial charge on any atom is -0.508 e. The Morgan fingerprint density at radius 1 is 1.16 bits per heavy atom. The van der Waals surface area contributed by atoms with E-state index in [1.165, 1.54) is 24.0 Å². The molecule has 0 spiro atoms. The van der Waals surface area contributed by atoms with Crippen molar-refractivity contribution in [1.29, 1.82) is 0 Å². The molecule has 1 saturated heterocycles. The third kappa shape index (κ3) is 5.76. The van der Waals surface area contributed by atoms with Gasteiger partial charge in [-0.15, -0.1) is 0 Å². The normalized spacial score (nSPS) is 17.9. The van der Waals surface area contributed by atoms with Gasteiger partial charge in [0, 0.05) is 44.0 Å². The molecule has 0 amide bonds. The Kier molecular flexibility index (Phi) is 7.41. The van der Waals surface area contributed by atoms with Crippen LogP contribution in [-0.4, -0.2) is 46.6 Å². The first-order valence-electron chi connectivity index (χ1n) is 11.7. The van der Waals surface area contributed by atoms with Crippen LogP contribution in [0, 0.1) is 0 Å². The van der Waals surface area contributed by atoms with Crippen LogP contribution < -0.4 is 10.6 Å². The molecule has 6 heteroatoms. The molecule has 1 aliphatic heterocycles. The van der Waals surface area contributed by atoms with Gasteiger partial charge in [0.25, 0.3) is 0 Å². The fourth-order valence-corrected chi connectivity index (χ4v) is 4.70. The van der Waals surface area contributed by atoms with Crippen molar-refractivity contribution in [3.8, 4) is 5.75 Å². The molecule has 1 fully saturated rings. The summed E-state index contributed by atoms with van der Waals surface area (Å²) in [4.78, 5) is 11.8. The number of phenolic OH excluding ortho intramolecular Hbond substituents is 1. The second kappa shape index (κ2) is 10.6. The minimum atomic E-state index is 0.378. The summed E-state index contributed by atoms with van der Waals surface area (Å²) in [6.07, 6.45) is 8.64. The molecule has 2 aromatic rings. The van der Waals surface area contributed by atoms with Crippen molar-refractivity contribution >= 4 is 5.96 Å². The van der Waals surface area contributed by atoms with Crippen molar-refractivity contribution in [2.45, 2.75) is 64.6 Å². The van der Waals surface area contributed by atoms with Crippen LogP contribution >= 0.6 is 0 Å². The fourth-order valence-electron chi connectivity index (χ4n) is 4.70. The van der Waals surface area contributed by atoms with E-state index in [2.05, 4.69) is 45.6 Å². The molecular formula is C25H35N5O. The largest absolute Gasteiger partial charge is 0.508 e. The molecule has 2 heterocycles. The Labute approximate surface area is 185 Å². The third-order valence-corrected chi connectivity index (χ3v) is 6.41. The number of aromatic nitrogens is 1. The van der Waals surface area contributed by atoms with E-state index in [1.807, 2.05) is 18.3 Å². The number of aromatic hydroxyl groups is 1. The lowest BCUT2D eigenvalue weighted by molar-refractivity contribution is 0.196. The van der Waals surface area contributed by atoms with Crippen LogP contribution in [0.3, 0.4) is 0 Å². The topological polar surface area (TPSA) is 72.8 Å².